The van der Waals surface area contributed by atoms with Gasteiger partial charge < -0.3 is 0 Å². The zero-order valence-corrected chi connectivity index (χ0v) is 39.6. The van der Waals surface area contributed by atoms with E-state index in [4.69, 9.17) is 15.0 Å². The molecule has 1 aromatic heterocycles. The van der Waals surface area contributed by atoms with Crippen molar-refractivity contribution in [2.45, 2.75) is 41.5 Å². The summed E-state index contributed by atoms with van der Waals surface area (Å²) in [5.41, 5.74) is 21.8. The van der Waals surface area contributed by atoms with Crippen LogP contribution in [0.15, 0.2) is 212 Å². The molecule has 0 bridgehead atoms. The van der Waals surface area contributed by atoms with Crippen LogP contribution in [0.5, 0.6) is 0 Å². The van der Waals surface area contributed by atoms with Gasteiger partial charge in [-0.25, -0.2) is 4.98 Å². The maximum atomic E-state index is 5.52. The van der Waals surface area contributed by atoms with E-state index in [1.807, 2.05) is 12.1 Å². The van der Waals surface area contributed by atoms with E-state index in [-0.39, 0.29) is 6.71 Å². The van der Waals surface area contributed by atoms with Crippen molar-refractivity contribution in [1.29, 1.82) is 0 Å². The predicted octanol–water partition coefficient (Wildman–Crippen LogP) is 14.0. The molecule has 0 saturated heterocycles. The van der Waals surface area contributed by atoms with Crippen LogP contribution in [0.1, 0.15) is 33.4 Å². The molecule has 10 aromatic rings. The van der Waals surface area contributed by atoms with Crippen LogP contribution >= 0.6 is 0 Å². The van der Waals surface area contributed by atoms with Gasteiger partial charge in [0, 0.05) is 22.4 Å². The molecule has 0 aliphatic heterocycles. The highest BCUT2D eigenvalue weighted by molar-refractivity contribution is 6.96. The molecule has 10 rings (SSSR count). The third-order valence-electron chi connectivity index (χ3n) is 13.1. The molecule has 1 heterocycles. The van der Waals surface area contributed by atoms with Crippen LogP contribution in [0.3, 0.4) is 0 Å². The van der Waals surface area contributed by atoms with Crippen LogP contribution in [0.25, 0.3) is 56.2 Å². The average Bonchev–Trinajstić information content (AvgIpc) is 3.36. The smallest absolute Gasteiger partial charge is 0.242 e. The lowest BCUT2D eigenvalue weighted by Crippen LogP contribution is -2.55. The first-order valence-electron chi connectivity index (χ1n) is 23.5. The van der Waals surface area contributed by atoms with Crippen molar-refractivity contribution in [2.24, 2.45) is 0 Å². The van der Waals surface area contributed by atoms with Crippen molar-refractivity contribution in [3.63, 3.8) is 0 Å². The molecule has 9 aromatic carbocycles. The predicted molar refractivity (Wildman–Crippen MR) is 288 cm³/mol. The lowest BCUT2D eigenvalue weighted by Gasteiger charge is -2.28. The number of rotatable bonds is 11. The molecule has 68 heavy (non-hydrogen) atoms. The largest absolute Gasteiger partial charge is 0.278 e. The van der Waals surface area contributed by atoms with Gasteiger partial charge in [-0.05, 0) is 87.6 Å². The highest BCUT2D eigenvalue weighted by Crippen LogP contribution is 2.42. The summed E-state index contributed by atoms with van der Waals surface area (Å²) in [4.78, 5) is 18.7. The lowest BCUT2D eigenvalue weighted by atomic mass is 9.34. The molecule has 0 unspecified atom stereocenters. The minimum absolute atomic E-state index is 0.0228. The Kier molecular flexibility index (Phi) is 12.2. The Bertz CT molecular complexity index is 3200. The zero-order chi connectivity index (χ0) is 46.7. The maximum Gasteiger partial charge on any atom is 0.242 e. The fraction of sp³-hybridized carbons (Fsp3) is 0.0952. The first-order valence-corrected chi connectivity index (χ1v) is 23.5. The fourth-order valence-electron chi connectivity index (χ4n) is 10.3. The van der Waals surface area contributed by atoms with Gasteiger partial charge in [-0.1, -0.05) is 244 Å². The molecule has 0 radical (unpaired) electrons. The summed E-state index contributed by atoms with van der Waals surface area (Å²) in [5, 5.41) is 0. The highest BCUT2D eigenvalue weighted by atomic mass is 15.3. The molecule has 0 atom stereocenters. The van der Waals surface area contributed by atoms with Gasteiger partial charge in [-0.3, -0.25) is 4.90 Å². The van der Waals surface area contributed by atoms with Crippen LogP contribution in [-0.2, 0) is 0 Å². The number of benzene rings is 9. The summed E-state index contributed by atoms with van der Waals surface area (Å²) in [7, 11) is 0. The SMILES string of the molecule is Cc1cc(C)c(B(c2ccc(N(c3nc(-c4ccccc4-c4ccccc4)nc(-c4ccccc4-c4ccccc4)n3)c3ccccc3-c3ccccc3)cc2)c2c(C)cc(C)cc2C)c(C)c1. The summed E-state index contributed by atoms with van der Waals surface area (Å²) in [6, 6.07) is 75.4. The van der Waals surface area contributed by atoms with E-state index in [1.54, 1.807) is 0 Å². The van der Waals surface area contributed by atoms with Crippen molar-refractivity contribution in [3.8, 4) is 56.2 Å². The molecule has 0 spiro atoms. The molecule has 0 fully saturated rings. The highest BCUT2D eigenvalue weighted by Gasteiger charge is 2.30. The third kappa shape index (κ3) is 8.67. The van der Waals surface area contributed by atoms with Gasteiger partial charge in [0.2, 0.25) is 12.7 Å². The Morgan fingerprint density at radius 3 is 1.12 bits per heavy atom. The zero-order valence-electron chi connectivity index (χ0n) is 39.6. The van der Waals surface area contributed by atoms with E-state index < -0.39 is 0 Å². The molecular weight excluding hydrogens is 824 g/mol. The monoisotopic (exact) mass is 876 g/mol. The number of para-hydroxylation sites is 1. The average molecular weight is 877 g/mol. The number of aromatic nitrogens is 3. The first kappa shape index (κ1) is 43.7. The van der Waals surface area contributed by atoms with E-state index >= 15 is 0 Å². The van der Waals surface area contributed by atoms with E-state index in [0.717, 1.165) is 55.9 Å². The van der Waals surface area contributed by atoms with Crippen LogP contribution in [0.2, 0.25) is 0 Å². The van der Waals surface area contributed by atoms with Crippen LogP contribution in [0.4, 0.5) is 17.3 Å². The van der Waals surface area contributed by atoms with Crippen LogP contribution in [0, 0.1) is 41.5 Å². The van der Waals surface area contributed by atoms with E-state index in [2.05, 4.69) is 247 Å². The Hall–Kier alpha value is -8.15. The van der Waals surface area contributed by atoms with Crippen LogP contribution < -0.4 is 21.3 Å². The maximum absolute atomic E-state index is 5.52. The fourth-order valence-corrected chi connectivity index (χ4v) is 10.3. The Balaban J connectivity index is 1.23. The first-order chi connectivity index (χ1) is 33.2. The van der Waals surface area contributed by atoms with Crippen molar-refractivity contribution >= 4 is 40.4 Å². The Morgan fingerprint density at radius 2 is 0.691 bits per heavy atom. The quantitative estimate of drug-likeness (QED) is 0.121. The molecule has 0 N–H and O–H groups in total. The molecule has 0 aliphatic carbocycles. The summed E-state index contributed by atoms with van der Waals surface area (Å²) in [6.07, 6.45) is 0. The van der Waals surface area contributed by atoms with Gasteiger partial charge >= 0.3 is 0 Å². The number of hydrogen-bond acceptors (Lipinski definition) is 4. The molecule has 0 aliphatic rings. The van der Waals surface area contributed by atoms with E-state index in [9.17, 15) is 0 Å². The normalized spacial score (nSPS) is 11.1. The van der Waals surface area contributed by atoms with Crippen molar-refractivity contribution in [1.82, 2.24) is 15.0 Å². The molecule has 5 heteroatoms. The van der Waals surface area contributed by atoms with E-state index in [0.29, 0.717) is 17.6 Å². The van der Waals surface area contributed by atoms with E-state index in [1.165, 1.54) is 49.8 Å². The molecular formula is C63H53BN4. The standard InChI is InChI=1S/C63H53BN4/c1-42-38-44(3)59(45(4)39-42)64(60-46(5)40-43(2)41-47(60)6)51-34-36-52(37-35-51)68(58-33-21-20-30-55(58)50-26-14-9-15-27-50)63-66-61(56-31-18-16-28-53(56)48-22-10-7-11-23-48)65-62(67-63)57-32-19-17-29-54(57)49-24-12-8-13-25-49/h7-41H,1-6H3. The van der Waals surface area contributed by atoms with Gasteiger partial charge in [0.05, 0.1) is 5.69 Å². The van der Waals surface area contributed by atoms with Crippen molar-refractivity contribution in [2.75, 3.05) is 4.90 Å². The molecule has 4 nitrogen and oxygen atoms in total. The summed E-state index contributed by atoms with van der Waals surface area (Å²) >= 11 is 0. The summed E-state index contributed by atoms with van der Waals surface area (Å²) in [5.74, 6) is 1.68. The summed E-state index contributed by atoms with van der Waals surface area (Å²) in [6.45, 7) is 13.5. The van der Waals surface area contributed by atoms with Gasteiger partial charge in [-0.15, -0.1) is 0 Å². The van der Waals surface area contributed by atoms with Gasteiger partial charge in [-0.2, -0.15) is 9.97 Å². The molecule has 328 valence electrons. The van der Waals surface area contributed by atoms with Gasteiger partial charge in [0.15, 0.2) is 11.6 Å². The number of aryl methyl sites for hydroxylation is 6. The van der Waals surface area contributed by atoms with Gasteiger partial charge in [0.25, 0.3) is 0 Å². The number of nitrogens with zero attached hydrogens (tertiary/aromatic N) is 4. The third-order valence-corrected chi connectivity index (χ3v) is 13.1. The second-order valence-electron chi connectivity index (χ2n) is 18.0. The second-order valence-corrected chi connectivity index (χ2v) is 18.0. The number of hydrogen-bond donors (Lipinski definition) is 0. The Labute approximate surface area is 401 Å². The van der Waals surface area contributed by atoms with Crippen LogP contribution in [-0.4, -0.2) is 21.7 Å². The Morgan fingerprint density at radius 1 is 0.338 bits per heavy atom. The minimum Gasteiger partial charge on any atom is -0.278 e. The summed E-state index contributed by atoms with van der Waals surface area (Å²) < 4.78 is 0. The lowest BCUT2D eigenvalue weighted by molar-refractivity contribution is 1.02. The molecule has 0 saturated carbocycles. The number of anilines is 3. The second kappa shape index (κ2) is 19.0. The minimum atomic E-state index is 0.0228. The van der Waals surface area contributed by atoms with Crippen molar-refractivity contribution < 1.29 is 0 Å². The topological polar surface area (TPSA) is 41.9 Å². The molecule has 0 amide bonds. The van der Waals surface area contributed by atoms with Gasteiger partial charge in [0.1, 0.15) is 0 Å². The van der Waals surface area contributed by atoms with Crippen molar-refractivity contribution in [3.05, 3.63) is 246 Å².